The third kappa shape index (κ3) is 4.86. The maximum atomic E-state index is 13.0. The van der Waals surface area contributed by atoms with Crippen molar-refractivity contribution < 1.29 is 14.3 Å². The van der Waals surface area contributed by atoms with Crippen LogP contribution in [0, 0.1) is 13.8 Å². The zero-order valence-electron chi connectivity index (χ0n) is 18.8. The van der Waals surface area contributed by atoms with Gasteiger partial charge in [-0.3, -0.25) is 9.48 Å². The van der Waals surface area contributed by atoms with Crippen LogP contribution in [0.4, 0.5) is 0 Å². The van der Waals surface area contributed by atoms with Crippen LogP contribution in [0.3, 0.4) is 0 Å². The highest BCUT2D eigenvalue weighted by atomic mass is 16.5. The first kappa shape index (κ1) is 21.9. The molecule has 3 rings (SSSR count). The van der Waals surface area contributed by atoms with Crippen LogP contribution in [-0.2, 0) is 18.3 Å². The fraction of sp³-hybridized carbons (Fsp3) is 0.500. The van der Waals surface area contributed by atoms with E-state index < -0.39 is 0 Å². The molecule has 1 saturated heterocycles. The zero-order valence-corrected chi connectivity index (χ0v) is 18.8. The molecular formula is C24H33N3O3. The molecule has 0 spiro atoms. The van der Waals surface area contributed by atoms with Gasteiger partial charge in [-0.25, -0.2) is 0 Å². The van der Waals surface area contributed by atoms with E-state index in [1.54, 1.807) is 20.3 Å². The summed E-state index contributed by atoms with van der Waals surface area (Å²) in [5, 5.41) is 4.43. The Morgan fingerprint density at radius 1 is 1.20 bits per heavy atom. The van der Waals surface area contributed by atoms with Crippen LogP contribution in [-0.4, -0.2) is 47.4 Å². The molecule has 2 aromatic rings. The van der Waals surface area contributed by atoms with Gasteiger partial charge in [-0.1, -0.05) is 6.07 Å². The highest BCUT2D eigenvalue weighted by molar-refractivity contribution is 5.92. The van der Waals surface area contributed by atoms with Gasteiger partial charge in [0.1, 0.15) is 0 Å². The maximum Gasteiger partial charge on any atom is 0.246 e. The Hall–Kier alpha value is -2.76. The summed E-state index contributed by atoms with van der Waals surface area (Å²) in [6.45, 7) is 4.83. The summed E-state index contributed by atoms with van der Waals surface area (Å²) < 4.78 is 12.6. The van der Waals surface area contributed by atoms with Gasteiger partial charge in [-0.2, -0.15) is 5.10 Å². The predicted molar refractivity (Wildman–Crippen MR) is 119 cm³/mol. The number of nitrogens with zero attached hydrogens (tertiary/aromatic N) is 3. The summed E-state index contributed by atoms with van der Waals surface area (Å²) in [4.78, 5) is 15.0. The highest BCUT2D eigenvalue weighted by Crippen LogP contribution is 2.29. The first-order chi connectivity index (χ1) is 14.4. The van der Waals surface area contributed by atoms with Crippen LogP contribution in [0.25, 0.3) is 6.08 Å². The molecule has 6 nitrogen and oxygen atoms in total. The van der Waals surface area contributed by atoms with E-state index in [-0.39, 0.29) is 11.9 Å². The van der Waals surface area contributed by atoms with E-state index in [9.17, 15) is 4.79 Å². The van der Waals surface area contributed by atoms with Crippen LogP contribution in [0.15, 0.2) is 24.3 Å². The van der Waals surface area contributed by atoms with Crippen molar-refractivity contribution in [2.45, 2.75) is 52.0 Å². The van der Waals surface area contributed by atoms with Crippen molar-refractivity contribution in [3.05, 3.63) is 46.8 Å². The SMILES string of the molecule is COc1ccc(CCC2CCCCN2C(=O)/C=C/c2c(C)nn(C)c2C)cc1OC. The molecule has 0 saturated carbocycles. The van der Waals surface area contributed by atoms with Crippen LogP contribution in [0.1, 0.15) is 48.2 Å². The van der Waals surface area contributed by atoms with Gasteiger partial charge < -0.3 is 14.4 Å². The molecule has 1 atom stereocenters. The number of likely N-dealkylation sites (tertiary alicyclic amines) is 1. The average molecular weight is 412 g/mol. The van der Waals surface area contributed by atoms with Crippen LogP contribution in [0.5, 0.6) is 11.5 Å². The monoisotopic (exact) mass is 411 g/mol. The quantitative estimate of drug-likeness (QED) is 0.644. The highest BCUT2D eigenvalue weighted by Gasteiger charge is 2.25. The molecule has 0 N–H and O–H groups in total. The number of aryl methyl sites for hydroxylation is 3. The predicted octanol–water partition coefficient (Wildman–Crippen LogP) is 4.08. The van der Waals surface area contributed by atoms with Crippen molar-refractivity contribution >= 4 is 12.0 Å². The van der Waals surface area contributed by atoms with Gasteiger partial charge in [0, 0.05) is 37.0 Å². The summed E-state index contributed by atoms with van der Waals surface area (Å²) in [7, 11) is 5.22. The lowest BCUT2D eigenvalue weighted by Gasteiger charge is -2.35. The van der Waals surface area contributed by atoms with Crippen LogP contribution >= 0.6 is 0 Å². The molecule has 1 aliphatic heterocycles. The third-order valence-corrected chi connectivity index (χ3v) is 6.08. The first-order valence-electron chi connectivity index (χ1n) is 10.6. The molecule has 1 amide bonds. The molecule has 1 aliphatic rings. The number of aromatic nitrogens is 2. The molecule has 1 fully saturated rings. The molecule has 1 unspecified atom stereocenters. The standard InChI is InChI=1S/C24H33N3O3/c1-17-21(18(2)26(3)25-17)12-14-24(28)27-15-7-6-8-20(27)11-9-19-10-13-22(29-4)23(16-19)30-5/h10,12-14,16,20H,6-9,11,15H2,1-5H3/b14-12+. The molecule has 1 aromatic heterocycles. The van der Waals surface area contributed by atoms with Gasteiger partial charge in [0.15, 0.2) is 11.5 Å². The number of carbonyl (C=O) groups is 1. The minimum Gasteiger partial charge on any atom is -0.493 e. The fourth-order valence-corrected chi connectivity index (χ4v) is 4.24. The van der Waals surface area contributed by atoms with Gasteiger partial charge in [0.25, 0.3) is 0 Å². The van der Waals surface area contributed by atoms with Crippen molar-refractivity contribution in [1.29, 1.82) is 0 Å². The Bertz CT molecular complexity index is 917. The van der Waals surface area contributed by atoms with E-state index in [0.717, 1.165) is 60.7 Å². The Morgan fingerprint density at radius 2 is 1.97 bits per heavy atom. The van der Waals surface area contributed by atoms with Crippen molar-refractivity contribution in [1.82, 2.24) is 14.7 Å². The Balaban J connectivity index is 1.67. The normalized spacial score (nSPS) is 16.8. The number of methoxy groups -OCH3 is 2. The van der Waals surface area contributed by atoms with Crippen LogP contribution < -0.4 is 9.47 Å². The second-order valence-corrected chi connectivity index (χ2v) is 7.95. The topological polar surface area (TPSA) is 56.6 Å². The molecular weight excluding hydrogens is 378 g/mol. The maximum absolute atomic E-state index is 13.0. The number of benzene rings is 1. The van der Waals surface area contributed by atoms with Crippen molar-refractivity contribution in [3.8, 4) is 11.5 Å². The number of carbonyl (C=O) groups excluding carboxylic acids is 1. The van der Waals surface area contributed by atoms with Crippen molar-refractivity contribution in [2.24, 2.45) is 7.05 Å². The number of rotatable bonds is 7. The molecule has 1 aromatic carbocycles. The van der Waals surface area contributed by atoms with Crippen molar-refractivity contribution in [3.63, 3.8) is 0 Å². The van der Waals surface area contributed by atoms with Crippen molar-refractivity contribution in [2.75, 3.05) is 20.8 Å². The van der Waals surface area contributed by atoms with E-state index in [1.807, 2.05) is 48.7 Å². The number of ether oxygens (including phenoxy) is 2. The summed E-state index contributed by atoms with van der Waals surface area (Å²) >= 11 is 0. The molecule has 2 heterocycles. The van der Waals surface area contributed by atoms with Gasteiger partial charge in [-0.05, 0) is 69.7 Å². The van der Waals surface area contributed by atoms with Gasteiger partial charge in [0.2, 0.25) is 5.91 Å². The van der Waals surface area contributed by atoms with E-state index >= 15 is 0 Å². The largest absolute Gasteiger partial charge is 0.493 e. The van der Waals surface area contributed by atoms with Gasteiger partial charge in [0.05, 0.1) is 19.9 Å². The third-order valence-electron chi connectivity index (χ3n) is 6.08. The Labute approximate surface area is 179 Å². The Morgan fingerprint density at radius 3 is 2.63 bits per heavy atom. The second-order valence-electron chi connectivity index (χ2n) is 7.95. The first-order valence-corrected chi connectivity index (χ1v) is 10.6. The van der Waals surface area contributed by atoms with Gasteiger partial charge >= 0.3 is 0 Å². The minimum absolute atomic E-state index is 0.0923. The zero-order chi connectivity index (χ0) is 21.7. The number of piperidine rings is 1. The lowest BCUT2D eigenvalue weighted by Crippen LogP contribution is -2.43. The Kier molecular flexibility index (Phi) is 7.19. The lowest BCUT2D eigenvalue weighted by molar-refractivity contribution is -0.129. The van der Waals surface area contributed by atoms with E-state index in [4.69, 9.17) is 9.47 Å². The average Bonchev–Trinajstić information content (AvgIpc) is 3.01. The van der Waals surface area contributed by atoms with E-state index in [0.29, 0.717) is 0 Å². The summed E-state index contributed by atoms with van der Waals surface area (Å²) in [6.07, 6.45) is 8.77. The summed E-state index contributed by atoms with van der Waals surface area (Å²) in [6, 6.07) is 6.31. The summed E-state index contributed by atoms with van der Waals surface area (Å²) in [5.74, 6) is 1.58. The number of hydrogen-bond acceptors (Lipinski definition) is 4. The van der Waals surface area contributed by atoms with E-state index in [1.165, 1.54) is 12.0 Å². The van der Waals surface area contributed by atoms with E-state index in [2.05, 4.69) is 11.2 Å². The number of hydrogen-bond donors (Lipinski definition) is 0. The molecule has 162 valence electrons. The number of amides is 1. The fourth-order valence-electron chi connectivity index (χ4n) is 4.24. The lowest BCUT2D eigenvalue weighted by atomic mass is 9.95. The molecule has 6 heteroatoms. The second kappa shape index (κ2) is 9.83. The molecule has 30 heavy (non-hydrogen) atoms. The smallest absolute Gasteiger partial charge is 0.246 e. The molecule has 0 radical (unpaired) electrons. The van der Waals surface area contributed by atoms with Gasteiger partial charge in [-0.15, -0.1) is 0 Å². The summed E-state index contributed by atoms with van der Waals surface area (Å²) in [5.41, 5.74) is 4.25. The molecule has 0 bridgehead atoms. The molecule has 0 aliphatic carbocycles. The minimum atomic E-state index is 0.0923. The van der Waals surface area contributed by atoms with Crippen LogP contribution in [0.2, 0.25) is 0 Å².